The molecule has 1 saturated carbocycles. The summed E-state index contributed by atoms with van der Waals surface area (Å²) in [6, 6.07) is 3.90. The van der Waals surface area contributed by atoms with E-state index in [1.54, 1.807) is 0 Å². The first-order chi connectivity index (χ1) is 12.1. The average Bonchev–Trinajstić information content (AvgIpc) is 3.20. The lowest BCUT2D eigenvalue weighted by Gasteiger charge is -2.27. The van der Waals surface area contributed by atoms with Crippen molar-refractivity contribution in [3.05, 3.63) is 29.7 Å². The van der Waals surface area contributed by atoms with E-state index < -0.39 is 0 Å². The van der Waals surface area contributed by atoms with E-state index in [9.17, 15) is 4.79 Å². The van der Waals surface area contributed by atoms with Gasteiger partial charge in [0.2, 0.25) is 0 Å². The highest BCUT2D eigenvalue weighted by Crippen LogP contribution is 2.39. The molecular weight excluding hydrogens is 318 g/mol. The highest BCUT2D eigenvalue weighted by atomic mass is 16.2. The van der Waals surface area contributed by atoms with Gasteiger partial charge in [0.25, 0.3) is 0 Å². The molecule has 1 aliphatic heterocycles. The molecule has 1 N–H and O–H groups in total. The van der Waals surface area contributed by atoms with Crippen LogP contribution in [0, 0.1) is 0 Å². The third kappa shape index (κ3) is 3.68. The molecule has 134 valence electrons. The molecule has 0 unspecified atom stereocenters. The van der Waals surface area contributed by atoms with Crippen molar-refractivity contribution in [2.75, 3.05) is 32.5 Å². The number of carbonyl (C=O) groups excluding carboxylic acids is 1. The number of urea groups is 1. The second kappa shape index (κ2) is 6.51. The molecule has 0 bridgehead atoms. The predicted octanol–water partition coefficient (Wildman–Crippen LogP) is 1.57. The lowest BCUT2D eigenvalue weighted by Crippen LogP contribution is -2.40. The van der Waals surface area contributed by atoms with Crippen LogP contribution in [0.2, 0.25) is 0 Å². The molecule has 0 aromatic carbocycles. The quantitative estimate of drug-likeness (QED) is 0.894. The summed E-state index contributed by atoms with van der Waals surface area (Å²) in [7, 11) is 4.06. The second-order valence-corrected chi connectivity index (χ2v) is 7.18. The maximum Gasteiger partial charge on any atom is 0.323 e. The van der Waals surface area contributed by atoms with Crippen LogP contribution in [0.5, 0.6) is 0 Å². The summed E-state index contributed by atoms with van der Waals surface area (Å²) in [6.07, 6.45) is 4.39. The fourth-order valence-corrected chi connectivity index (χ4v) is 3.08. The molecule has 3 heterocycles. The third-order valence-electron chi connectivity index (χ3n) is 4.75. The highest BCUT2D eigenvalue weighted by Gasteiger charge is 2.29. The molecular formula is C17H25N7O. The van der Waals surface area contributed by atoms with Crippen LogP contribution in [-0.4, -0.2) is 62.6 Å². The minimum atomic E-state index is -0.0988. The molecule has 2 aromatic heterocycles. The molecule has 1 aliphatic carbocycles. The Balaban J connectivity index is 1.35. The van der Waals surface area contributed by atoms with E-state index in [-0.39, 0.29) is 6.03 Å². The van der Waals surface area contributed by atoms with Crippen molar-refractivity contribution in [2.45, 2.75) is 38.4 Å². The van der Waals surface area contributed by atoms with Crippen LogP contribution in [0.4, 0.5) is 10.6 Å². The maximum atomic E-state index is 12.5. The molecule has 0 saturated heterocycles. The Bertz CT molecular complexity index is 759. The zero-order valence-electron chi connectivity index (χ0n) is 14.9. The van der Waals surface area contributed by atoms with Crippen molar-refractivity contribution in [1.82, 2.24) is 29.4 Å². The number of aromatic nitrogens is 4. The summed E-state index contributed by atoms with van der Waals surface area (Å²) in [4.78, 5) is 16.5. The second-order valence-electron chi connectivity index (χ2n) is 7.18. The number of rotatable bonds is 5. The van der Waals surface area contributed by atoms with Crippen molar-refractivity contribution in [3.8, 4) is 0 Å². The molecule has 0 atom stereocenters. The summed E-state index contributed by atoms with van der Waals surface area (Å²) < 4.78 is 3.90. The largest absolute Gasteiger partial charge is 0.323 e. The minimum absolute atomic E-state index is 0.0988. The maximum absolute atomic E-state index is 12.5. The molecule has 0 spiro atoms. The van der Waals surface area contributed by atoms with Crippen molar-refractivity contribution in [1.29, 1.82) is 0 Å². The number of anilines is 1. The van der Waals surface area contributed by atoms with E-state index in [0.29, 0.717) is 24.8 Å². The zero-order valence-corrected chi connectivity index (χ0v) is 14.9. The van der Waals surface area contributed by atoms with E-state index in [4.69, 9.17) is 0 Å². The van der Waals surface area contributed by atoms with Gasteiger partial charge in [0.15, 0.2) is 5.82 Å². The van der Waals surface area contributed by atoms with Gasteiger partial charge in [-0.15, -0.1) is 0 Å². The van der Waals surface area contributed by atoms with E-state index in [1.807, 2.05) is 40.6 Å². The van der Waals surface area contributed by atoms with E-state index in [1.165, 1.54) is 18.5 Å². The number of amides is 2. The number of fused-ring (bicyclic) bond motifs is 1. The van der Waals surface area contributed by atoms with Crippen molar-refractivity contribution < 1.29 is 4.79 Å². The Labute approximate surface area is 147 Å². The predicted molar refractivity (Wildman–Crippen MR) is 94.4 cm³/mol. The topological polar surface area (TPSA) is 71.2 Å². The van der Waals surface area contributed by atoms with Crippen molar-refractivity contribution >= 4 is 11.8 Å². The Kier molecular flexibility index (Phi) is 4.20. The summed E-state index contributed by atoms with van der Waals surface area (Å²) >= 11 is 0. The first-order valence-corrected chi connectivity index (χ1v) is 8.89. The number of nitrogens with zero attached hydrogens (tertiary/aromatic N) is 6. The van der Waals surface area contributed by atoms with Crippen LogP contribution < -0.4 is 5.32 Å². The summed E-state index contributed by atoms with van der Waals surface area (Å²) in [5.41, 5.74) is 2.32. The van der Waals surface area contributed by atoms with Gasteiger partial charge in [-0.2, -0.15) is 10.2 Å². The van der Waals surface area contributed by atoms with Gasteiger partial charge in [0.1, 0.15) is 0 Å². The van der Waals surface area contributed by atoms with Gasteiger partial charge >= 0.3 is 6.03 Å². The lowest BCUT2D eigenvalue weighted by atomic mass is 10.2. The number of nitrogens with one attached hydrogen (secondary N) is 1. The standard InChI is InChI=1S/C17H25N7O/c1-21(2)7-9-23-6-5-16(20-23)18-17(25)22-8-10-24-14(12-22)11-15(19-24)13-3-4-13/h5-6,11,13H,3-4,7-10,12H2,1-2H3,(H,18,20,25). The van der Waals surface area contributed by atoms with Crippen LogP contribution in [0.25, 0.3) is 0 Å². The fourth-order valence-electron chi connectivity index (χ4n) is 3.08. The van der Waals surface area contributed by atoms with Crippen molar-refractivity contribution in [2.24, 2.45) is 0 Å². The van der Waals surface area contributed by atoms with Gasteiger partial charge in [0.05, 0.1) is 31.0 Å². The van der Waals surface area contributed by atoms with Gasteiger partial charge < -0.3 is 9.80 Å². The molecule has 2 amide bonds. The summed E-state index contributed by atoms with van der Waals surface area (Å²) in [5, 5.41) is 12.0. The van der Waals surface area contributed by atoms with Gasteiger partial charge in [-0.05, 0) is 33.0 Å². The molecule has 8 nitrogen and oxygen atoms in total. The van der Waals surface area contributed by atoms with Crippen molar-refractivity contribution in [3.63, 3.8) is 0 Å². The van der Waals surface area contributed by atoms with Gasteiger partial charge in [-0.1, -0.05) is 0 Å². The molecule has 2 aliphatic rings. The normalized spacial score (nSPS) is 17.0. The molecule has 4 rings (SSSR count). The smallest absolute Gasteiger partial charge is 0.317 e. The van der Waals surface area contributed by atoms with Crippen LogP contribution in [-0.2, 0) is 19.6 Å². The summed E-state index contributed by atoms with van der Waals surface area (Å²) in [6.45, 7) is 3.75. The monoisotopic (exact) mass is 343 g/mol. The minimum Gasteiger partial charge on any atom is -0.317 e. The average molecular weight is 343 g/mol. The number of hydrogen-bond acceptors (Lipinski definition) is 4. The zero-order chi connectivity index (χ0) is 17.4. The van der Waals surface area contributed by atoms with Crippen LogP contribution >= 0.6 is 0 Å². The van der Waals surface area contributed by atoms with Gasteiger partial charge in [-0.3, -0.25) is 14.7 Å². The van der Waals surface area contributed by atoms with Crippen LogP contribution in [0.3, 0.4) is 0 Å². The van der Waals surface area contributed by atoms with Gasteiger partial charge in [-0.25, -0.2) is 4.79 Å². The Morgan fingerprint density at radius 2 is 2.16 bits per heavy atom. The first-order valence-electron chi connectivity index (χ1n) is 8.89. The van der Waals surface area contributed by atoms with E-state index >= 15 is 0 Å². The fraction of sp³-hybridized carbons (Fsp3) is 0.588. The SMILES string of the molecule is CN(C)CCn1ccc(NC(=O)N2CCn3nc(C4CC4)cc3C2)n1. The number of likely N-dealkylation sites (N-methyl/N-ethyl adjacent to an activating group) is 1. The molecule has 1 fully saturated rings. The Morgan fingerprint density at radius 1 is 1.32 bits per heavy atom. The van der Waals surface area contributed by atoms with E-state index in [2.05, 4.69) is 26.5 Å². The first kappa shape index (κ1) is 16.1. The van der Waals surface area contributed by atoms with Crippen LogP contribution in [0.1, 0.15) is 30.1 Å². The Morgan fingerprint density at radius 3 is 2.92 bits per heavy atom. The third-order valence-corrected chi connectivity index (χ3v) is 4.75. The number of hydrogen-bond donors (Lipinski definition) is 1. The number of carbonyl (C=O) groups is 1. The molecule has 0 radical (unpaired) electrons. The Hall–Kier alpha value is -2.35. The molecule has 25 heavy (non-hydrogen) atoms. The molecule has 2 aromatic rings. The summed E-state index contributed by atoms with van der Waals surface area (Å²) in [5.74, 6) is 1.24. The highest BCUT2D eigenvalue weighted by molar-refractivity contribution is 5.88. The van der Waals surface area contributed by atoms with Gasteiger partial charge in [0, 0.05) is 31.3 Å². The van der Waals surface area contributed by atoms with E-state index in [0.717, 1.165) is 25.3 Å². The lowest BCUT2D eigenvalue weighted by molar-refractivity contribution is 0.194. The molecule has 8 heteroatoms. The van der Waals surface area contributed by atoms with Crippen LogP contribution in [0.15, 0.2) is 18.3 Å².